The number of halogens is 2. The summed E-state index contributed by atoms with van der Waals surface area (Å²) in [6.45, 7) is 5.81. The molecule has 1 unspecified atom stereocenters. The van der Waals surface area contributed by atoms with Crippen LogP contribution in [-0.4, -0.2) is 35.4 Å². The smallest absolute Gasteiger partial charge is 0.261 e. The average Bonchev–Trinajstić information content (AvgIpc) is 2.80. The second kappa shape index (κ2) is 12.5. The molecule has 0 radical (unpaired) electrons. The number of rotatable bonds is 9. The zero-order valence-electron chi connectivity index (χ0n) is 20.2. The molecule has 1 N–H and O–H groups in total. The van der Waals surface area contributed by atoms with Gasteiger partial charge in [-0.25, -0.2) is 0 Å². The number of carbonyl (C=O) groups excluding carboxylic acids is 2. The summed E-state index contributed by atoms with van der Waals surface area (Å²) in [6, 6.07) is 10.6. The van der Waals surface area contributed by atoms with Crippen LogP contribution in [0, 0.1) is 13.8 Å². The highest BCUT2D eigenvalue weighted by atomic mass is 35.5. The SMILES string of the molecule is CCC(C(=O)NC1CCCCC1)N(Cc1c(Cl)cccc1Cl)C(=O)COc1ccc(C)cc1C. The molecule has 34 heavy (non-hydrogen) atoms. The third-order valence-corrected chi connectivity index (χ3v) is 7.12. The van der Waals surface area contributed by atoms with E-state index in [1.165, 1.54) is 6.42 Å². The van der Waals surface area contributed by atoms with E-state index in [1.54, 1.807) is 23.1 Å². The van der Waals surface area contributed by atoms with Crippen molar-refractivity contribution in [3.63, 3.8) is 0 Å². The van der Waals surface area contributed by atoms with Gasteiger partial charge < -0.3 is 15.0 Å². The molecule has 2 aromatic rings. The molecule has 0 heterocycles. The van der Waals surface area contributed by atoms with Crippen molar-refractivity contribution in [2.75, 3.05) is 6.61 Å². The Morgan fingerprint density at radius 2 is 1.76 bits per heavy atom. The highest BCUT2D eigenvalue weighted by molar-refractivity contribution is 6.36. The van der Waals surface area contributed by atoms with E-state index in [1.807, 2.05) is 39.0 Å². The summed E-state index contributed by atoms with van der Waals surface area (Å²) in [4.78, 5) is 28.3. The first-order valence-electron chi connectivity index (χ1n) is 12.0. The Morgan fingerprint density at radius 3 is 2.38 bits per heavy atom. The normalized spacial score (nSPS) is 15.0. The standard InChI is InChI=1S/C27H34Cl2N2O3/c1-4-24(27(33)30-20-9-6-5-7-10-20)31(16-21-22(28)11-8-12-23(21)29)26(32)17-34-25-14-13-18(2)15-19(25)3/h8,11-15,20,24H,4-7,9-10,16-17H2,1-3H3,(H,30,33). The van der Waals surface area contributed by atoms with Crippen LogP contribution < -0.4 is 10.1 Å². The van der Waals surface area contributed by atoms with Crippen molar-refractivity contribution in [3.05, 3.63) is 63.1 Å². The van der Waals surface area contributed by atoms with Crippen molar-refractivity contribution in [2.24, 2.45) is 0 Å². The average molecular weight is 505 g/mol. The van der Waals surface area contributed by atoms with Gasteiger partial charge in [-0.1, -0.05) is 73.2 Å². The van der Waals surface area contributed by atoms with Crippen LogP contribution in [0.25, 0.3) is 0 Å². The maximum atomic E-state index is 13.5. The Labute approximate surface area is 212 Å². The molecular weight excluding hydrogens is 471 g/mol. The minimum atomic E-state index is -0.649. The molecule has 1 saturated carbocycles. The Balaban J connectivity index is 1.82. The van der Waals surface area contributed by atoms with E-state index < -0.39 is 6.04 Å². The zero-order chi connectivity index (χ0) is 24.7. The van der Waals surface area contributed by atoms with Crippen LogP contribution in [-0.2, 0) is 16.1 Å². The van der Waals surface area contributed by atoms with Crippen molar-refractivity contribution in [3.8, 4) is 5.75 Å². The van der Waals surface area contributed by atoms with E-state index in [0.29, 0.717) is 27.8 Å². The van der Waals surface area contributed by atoms with Crippen molar-refractivity contribution in [1.29, 1.82) is 0 Å². The van der Waals surface area contributed by atoms with Crippen molar-refractivity contribution in [1.82, 2.24) is 10.2 Å². The fraction of sp³-hybridized carbons (Fsp3) is 0.481. The third kappa shape index (κ3) is 6.89. The number of hydrogen-bond acceptors (Lipinski definition) is 3. The Morgan fingerprint density at radius 1 is 1.09 bits per heavy atom. The molecule has 1 aliphatic rings. The van der Waals surface area contributed by atoms with Crippen LogP contribution in [0.2, 0.25) is 10.0 Å². The molecule has 3 rings (SSSR count). The van der Waals surface area contributed by atoms with Crippen LogP contribution >= 0.6 is 23.2 Å². The molecule has 0 aliphatic heterocycles. The number of carbonyl (C=O) groups is 2. The Hall–Kier alpha value is -2.24. The number of benzene rings is 2. The van der Waals surface area contributed by atoms with E-state index >= 15 is 0 Å². The van der Waals surface area contributed by atoms with E-state index in [4.69, 9.17) is 27.9 Å². The molecule has 1 fully saturated rings. The van der Waals surface area contributed by atoms with Crippen molar-refractivity contribution >= 4 is 35.0 Å². The third-order valence-electron chi connectivity index (χ3n) is 6.41. The van der Waals surface area contributed by atoms with Crippen molar-refractivity contribution in [2.45, 2.75) is 77.9 Å². The fourth-order valence-electron chi connectivity index (χ4n) is 4.50. The predicted molar refractivity (Wildman–Crippen MR) is 138 cm³/mol. The summed E-state index contributed by atoms with van der Waals surface area (Å²) in [7, 11) is 0. The molecule has 0 aromatic heterocycles. The van der Waals surface area contributed by atoms with Crippen LogP contribution in [0.5, 0.6) is 5.75 Å². The first-order valence-corrected chi connectivity index (χ1v) is 12.8. The van der Waals surface area contributed by atoms with Gasteiger partial charge in [-0.05, 0) is 56.9 Å². The molecule has 0 saturated heterocycles. The molecule has 1 atom stereocenters. The number of amides is 2. The monoisotopic (exact) mass is 504 g/mol. The summed E-state index contributed by atoms with van der Waals surface area (Å²) < 4.78 is 5.87. The molecule has 0 bridgehead atoms. The molecule has 2 amide bonds. The van der Waals surface area contributed by atoms with Crippen LogP contribution in [0.15, 0.2) is 36.4 Å². The molecule has 184 valence electrons. The lowest BCUT2D eigenvalue weighted by molar-refractivity contribution is -0.143. The topological polar surface area (TPSA) is 58.6 Å². The molecule has 7 heteroatoms. The molecular formula is C27H34Cl2N2O3. The minimum Gasteiger partial charge on any atom is -0.483 e. The lowest BCUT2D eigenvalue weighted by Crippen LogP contribution is -2.52. The predicted octanol–water partition coefficient (Wildman–Crippen LogP) is 6.25. The van der Waals surface area contributed by atoms with Crippen LogP contribution in [0.3, 0.4) is 0 Å². The quantitative estimate of drug-likeness (QED) is 0.439. The maximum Gasteiger partial charge on any atom is 0.261 e. The summed E-state index contributed by atoms with van der Waals surface area (Å²) in [5.74, 6) is 0.216. The van der Waals surface area contributed by atoms with Crippen molar-refractivity contribution < 1.29 is 14.3 Å². The van der Waals surface area contributed by atoms with Gasteiger partial charge in [0.25, 0.3) is 5.91 Å². The van der Waals surface area contributed by atoms with Gasteiger partial charge in [0, 0.05) is 28.2 Å². The first-order chi connectivity index (χ1) is 16.3. The van der Waals surface area contributed by atoms with Gasteiger partial charge in [0.05, 0.1) is 0 Å². The largest absolute Gasteiger partial charge is 0.483 e. The molecule has 2 aromatic carbocycles. The number of nitrogens with zero attached hydrogens (tertiary/aromatic N) is 1. The summed E-state index contributed by atoms with van der Waals surface area (Å²) in [6.07, 6.45) is 5.85. The zero-order valence-corrected chi connectivity index (χ0v) is 21.7. The number of ether oxygens (including phenoxy) is 1. The van der Waals surface area contributed by atoms with E-state index in [2.05, 4.69) is 5.32 Å². The van der Waals surface area contributed by atoms with E-state index in [-0.39, 0.29) is 31.0 Å². The van der Waals surface area contributed by atoms with Gasteiger partial charge in [-0.15, -0.1) is 0 Å². The van der Waals surface area contributed by atoms with Gasteiger partial charge in [0.1, 0.15) is 11.8 Å². The Bertz CT molecular complexity index is 985. The van der Waals surface area contributed by atoms with Crippen LogP contribution in [0.4, 0.5) is 0 Å². The van der Waals surface area contributed by atoms with Gasteiger partial charge in [0.2, 0.25) is 5.91 Å². The highest BCUT2D eigenvalue weighted by Crippen LogP contribution is 2.27. The van der Waals surface area contributed by atoms with Gasteiger partial charge in [-0.3, -0.25) is 9.59 Å². The molecule has 5 nitrogen and oxygen atoms in total. The van der Waals surface area contributed by atoms with Gasteiger partial charge in [-0.2, -0.15) is 0 Å². The summed E-state index contributed by atoms with van der Waals surface area (Å²) in [5, 5.41) is 4.09. The second-order valence-corrected chi connectivity index (χ2v) is 9.86. The first kappa shape index (κ1) is 26.4. The Kier molecular flexibility index (Phi) is 9.66. The number of hydrogen-bond donors (Lipinski definition) is 1. The minimum absolute atomic E-state index is 0.129. The lowest BCUT2D eigenvalue weighted by Gasteiger charge is -2.33. The number of aryl methyl sites for hydroxylation is 2. The van der Waals surface area contributed by atoms with E-state index in [0.717, 1.165) is 36.8 Å². The number of nitrogens with one attached hydrogen (secondary N) is 1. The van der Waals surface area contributed by atoms with Gasteiger partial charge >= 0.3 is 0 Å². The molecule has 1 aliphatic carbocycles. The highest BCUT2D eigenvalue weighted by Gasteiger charge is 2.31. The fourth-order valence-corrected chi connectivity index (χ4v) is 5.02. The second-order valence-electron chi connectivity index (χ2n) is 9.05. The molecule has 0 spiro atoms. The van der Waals surface area contributed by atoms with Gasteiger partial charge in [0.15, 0.2) is 6.61 Å². The summed E-state index contributed by atoms with van der Waals surface area (Å²) >= 11 is 12.8. The van der Waals surface area contributed by atoms with Crippen LogP contribution in [0.1, 0.15) is 62.1 Å². The summed E-state index contributed by atoms with van der Waals surface area (Å²) in [5.41, 5.74) is 2.70. The van der Waals surface area contributed by atoms with E-state index in [9.17, 15) is 9.59 Å². The maximum absolute atomic E-state index is 13.5. The lowest BCUT2D eigenvalue weighted by atomic mass is 9.95.